The maximum absolute atomic E-state index is 6.08. The highest BCUT2D eigenvalue weighted by molar-refractivity contribution is 6.31. The number of aromatic nitrogens is 2. The van der Waals surface area contributed by atoms with Crippen LogP contribution in [0.5, 0.6) is 0 Å². The lowest BCUT2D eigenvalue weighted by atomic mass is 10.0. The van der Waals surface area contributed by atoms with Crippen LogP contribution < -0.4 is 5.32 Å². The zero-order chi connectivity index (χ0) is 20.2. The largest absolute Gasteiger partial charge is 0.369 e. The van der Waals surface area contributed by atoms with E-state index >= 15 is 0 Å². The molecule has 1 aliphatic rings. The summed E-state index contributed by atoms with van der Waals surface area (Å²) in [4.78, 5) is 12.1. The lowest BCUT2D eigenvalue weighted by molar-refractivity contribution is 0.301. The fraction of sp³-hybridized carbons (Fsp3) is 0.304. The number of hydrogen-bond acceptors (Lipinski definition) is 4. The zero-order valence-electron chi connectivity index (χ0n) is 16.4. The van der Waals surface area contributed by atoms with E-state index in [1.165, 1.54) is 19.4 Å². The van der Waals surface area contributed by atoms with Gasteiger partial charge in [-0.15, -0.1) is 0 Å². The quantitative estimate of drug-likeness (QED) is 0.523. The summed E-state index contributed by atoms with van der Waals surface area (Å²) in [6.07, 6.45) is 5.47. The molecule has 2 heterocycles. The summed E-state index contributed by atoms with van der Waals surface area (Å²) in [5.41, 5.74) is 3.61. The van der Waals surface area contributed by atoms with Gasteiger partial charge >= 0.3 is 0 Å². The second-order valence-corrected chi connectivity index (χ2v) is 8.33. The third kappa shape index (κ3) is 4.89. The number of likely N-dealkylation sites (tertiary alicyclic amines) is 1. The van der Waals surface area contributed by atoms with Gasteiger partial charge in [0.2, 0.25) is 0 Å². The van der Waals surface area contributed by atoms with Gasteiger partial charge < -0.3 is 10.2 Å². The maximum Gasteiger partial charge on any atom is 0.145 e. The number of nitrogens with one attached hydrogen (secondary N) is 1. The van der Waals surface area contributed by atoms with Crippen LogP contribution in [0.4, 0.5) is 5.82 Å². The van der Waals surface area contributed by atoms with Crippen molar-refractivity contribution in [3.05, 3.63) is 64.8 Å². The summed E-state index contributed by atoms with van der Waals surface area (Å²) in [5, 5.41) is 4.85. The summed E-state index contributed by atoms with van der Waals surface area (Å²) in [6.45, 7) is 2.07. The number of hydrogen-bond donors (Lipinski definition) is 1. The van der Waals surface area contributed by atoms with Crippen molar-refractivity contribution in [3.8, 4) is 22.5 Å². The fourth-order valence-corrected chi connectivity index (χ4v) is 4.07. The Morgan fingerprint density at radius 2 is 1.59 bits per heavy atom. The van der Waals surface area contributed by atoms with Crippen LogP contribution in [0.3, 0.4) is 0 Å². The number of nitrogens with zero attached hydrogens (tertiary/aromatic N) is 3. The Labute approximate surface area is 181 Å². The van der Waals surface area contributed by atoms with Crippen molar-refractivity contribution in [2.75, 3.05) is 25.5 Å². The fourth-order valence-electron chi connectivity index (χ4n) is 3.81. The molecule has 150 valence electrons. The van der Waals surface area contributed by atoms with E-state index in [1.54, 1.807) is 0 Å². The summed E-state index contributed by atoms with van der Waals surface area (Å²) in [7, 11) is 2.21. The third-order valence-corrected chi connectivity index (χ3v) is 5.97. The van der Waals surface area contributed by atoms with E-state index in [1.807, 2.05) is 54.7 Å². The van der Waals surface area contributed by atoms with Crippen LogP contribution >= 0.6 is 23.2 Å². The zero-order valence-corrected chi connectivity index (χ0v) is 17.9. The number of rotatable bonds is 6. The van der Waals surface area contributed by atoms with E-state index in [0.717, 1.165) is 41.3 Å². The predicted molar refractivity (Wildman–Crippen MR) is 122 cm³/mol. The molecule has 4 rings (SSSR count). The van der Waals surface area contributed by atoms with Gasteiger partial charge in [-0.3, -0.25) is 4.98 Å². The molecule has 0 amide bonds. The van der Waals surface area contributed by atoms with Crippen molar-refractivity contribution in [1.29, 1.82) is 0 Å². The van der Waals surface area contributed by atoms with Gasteiger partial charge in [0.25, 0.3) is 0 Å². The van der Waals surface area contributed by atoms with Gasteiger partial charge in [-0.05, 0) is 57.1 Å². The highest BCUT2D eigenvalue weighted by atomic mass is 35.5. The molecule has 0 saturated carbocycles. The molecule has 2 aromatic carbocycles. The van der Waals surface area contributed by atoms with Gasteiger partial charge in [0.05, 0.1) is 17.6 Å². The van der Waals surface area contributed by atoms with Gasteiger partial charge in [-0.2, -0.15) is 0 Å². The van der Waals surface area contributed by atoms with Gasteiger partial charge in [-0.1, -0.05) is 47.5 Å². The van der Waals surface area contributed by atoms with Crippen molar-refractivity contribution in [2.24, 2.45) is 0 Å². The third-order valence-electron chi connectivity index (χ3n) is 5.46. The molecule has 4 nitrogen and oxygen atoms in total. The molecule has 1 fully saturated rings. The Morgan fingerprint density at radius 3 is 2.17 bits per heavy atom. The van der Waals surface area contributed by atoms with Crippen molar-refractivity contribution >= 4 is 29.0 Å². The minimum Gasteiger partial charge on any atom is -0.369 e. The van der Waals surface area contributed by atoms with Crippen LogP contribution in [0.2, 0.25) is 10.0 Å². The molecule has 3 aromatic rings. The Morgan fingerprint density at radius 1 is 0.966 bits per heavy atom. The highest BCUT2D eigenvalue weighted by Crippen LogP contribution is 2.31. The molecule has 1 saturated heterocycles. The molecule has 0 radical (unpaired) electrons. The van der Waals surface area contributed by atoms with E-state index in [-0.39, 0.29) is 0 Å². The first-order chi connectivity index (χ1) is 14.1. The van der Waals surface area contributed by atoms with Crippen molar-refractivity contribution in [3.63, 3.8) is 0 Å². The Balaban J connectivity index is 1.60. The van der Waals surface area contributed by atoms with Gasteiger partial charge in [-0.25, -0.2) is 4.98 Å². The minimum atomic E-state index is 0.652. The predicted octanol–water partition coefficient (Wildman–Crippen LogP) is 6.01. The topological polar surface area (TPSA) is 41.0 Å². The summed E-state index contributed by atoms with van der Waals surface area (Å²) in [6, 6.07) is 16.0. The van der Waals surface area contributed by atoms with Gasteiger partial charge in [0.1, 0.15) is 5.82 Å². The molecular weight excluding hydrogens is 403 g/mol. The lowest BCUT2D eigenvalue weighted by Crippen LogP contribution is -2.27. The standard InChI is InChI=1S/C23H24Cl2N4/c1-29-14-2-3-20(29)12-13-26-21-15-27-22(16-4-8-18(24)9-5-16)23(28-21)17-6-10-19(25)11-7-17/h4-11,15,20H,2-3,12-14H2,1H3,(H,26,28). The normalized spacial score (nSPS) is 16.9. The summed E-state index contributed by atoms with van der Waals surface area (Å²) < 4.78 is 0. The Bertz CT molecular complexity index is 958. The van der Waals surface area contributed by atoms with Crippen LogP contribution in [0, 0.1) is 0 Å². The smallest absolute Gasteiger partial charge is 0.145 e. The molecule has 1 unspecified atom stereocenters. The Kier molecular flexibility index (Phi) is 6.34. The maximum atomic E-state index is 6.08. The first-order valence-corrected chi connectivity index (χ1v) is 10.7. The number of anilines is 1. The molecule has 29 heavy (non-hydrogen) atoms. The summed E-state index contributed by atoms with van der Waals surface area (Å²) >= 11 is 12.1. The van der Waals surface area contributed by atoms with Gasteiger partial charge in [0.15, 0.2) is 0 Å². The number of benzene rings is 2. The van der Waals surface area contributed by atoms with E-state index in [4.69, 9.17) is 33.2 Å². The van der Waals surface area contributed by atoms with Crippen LogP contribution in [-0.2, 0) is 0 Å². The van der Waals surface area contributed by atoms with E-state index in [9.17, 15) is 0 Å². The van der Waals surface area contributed by atoms with Crippen LogP contribution in [0.25, 0.3) is 22.5 Å². The second-order valence-electron chi connectivity index (χ2n) is 7.46. The highest BCUT2D eigenvalue weighted by Gasteiger charge is 2.20. The average molecular weight is 427 g/mol. The van der Waals surface area contributed by atoms with Crippen LogP contribution in [0.1, 0.15) is 19.3 Å². The monoisotopic (exact) mass is 426 g/mol. The van der Waals surface area contributed by atoms with Crippen molar-refractivity contribution < 1.29 is 0 Å². The van der Waals surface area contributed by atoms with Crippen molar-refractivity contribution in [1.82, 2.24) is 14.9 Å². The first kappa shape index (κ1) is 20.1. The van der Waals surface area contributed by atoms with Gasteiger partial charge in [0, 0.05) is 33.8 Å². The molecule has 0 aliphatic carbocycles. The molecule has 1 aromatic heterocycles. The first-order valence-electron chi connectivity index (χ1n) is 9.93. The second kappa shape index (κ2) is 9.12. The molecular formula is C23H24Cl2N4. The lowest BCUT2D eigenvalue weighted by Gasteiger charge is -2.19. The average Bonchev–Trinajstić information content (AvgIpc) is 3.14. The number of halogens is 2. The minimum absolute atomic E-state index is 0.652. The van der Waals surface area contributed by atoms with Crippen LogP contribution in [-0.4, -0.2) is 41.0 Å². The summed E-state index contributed by atoms with van der Waals surface area (Å²) in [5.74, 6) is 0.785. The molecule has 1 aliphatic heterocycles. The Hall–Kier alpha value is -2.14. The van der Waals surface area contributed by atoms with Crippen LogP contribution in [0.15, 0.2) is 54.7 Å². The SMILES string of the molecule is CN1CCCC1CCNc1cnc(-c2ccc(Cl)cc2)c(-c2ccc(Cl)cc2)n1. The molecule has 1 atom stereocenters. The molecule has 1 N–H and O–H groups in total. The van der Waals surface area contributed by atoms with E-state index < -0.39 is 0 Å². The molecule has 0 spiro atoms. The molecule has 0 bridgehead atoms. The van der Waals surface area contributed by atoms with E-state index in [2.05, 4.69) is 17.3 Å². The van der Waals surface area contributed by atoms with E-state index in [0.29, 0.717) is 16.1 Å². The molecule has 6 heteroatoms. The van der Waals surface area contributed by atoms with Crippen molar-refractivity contribution in [2.45, 2.75) is 25.3 Å².